The second-order valence-electron chi connectivity index (χ2n) is 6.47. The van der Waals surface area contributed by atoms with E-state index < -0.39 is 0 Å². The number of hydrogen-bond donors (Lipinski definition) is 0. The maximum atomic E-state index is 11.5. The van der Waals surface area contributed by atoms with Gasteiger partial charge in [-0.3, -0.25) is 4.79 Å². The zero-order valence-corrected chi connectivity index (χ0v) is 11.4. The molecule has 1 aliphatic carbocycles. The van der Waals surface area contributed by atoms with Crippen molar-refractivity contribution in [3.63, 3.8) is 0 Å². The summed E-state index contributed by atoms with van der Waals surface area (Å²) in [5.41, 5.74) is 0.364. The van der Waals surface area contributed by atoms with Gasteiger partial charge in [-0.2, -0.15) is 0 Å². The van der Waals surface area contributed by atoms with Gasteiger partial charge < -0.3 is 4.74 Å². The molecule has 0 spiro atoms. The van der Waals surface area contributed by atoms with Crippen LogP contribution in [0, 0.1) is 17.3 Å². The average molecular weight is 226 g/mol. The van der Waals surface area contributed by atoms with Crippen molar-refractivity contribution in [3.8, 4) is 0 Å². The summed E-state index contributed by atoms with van der Waals surface area (Å²) in [6.07, 6.45) is 3.74. The molecule has 0 radical (unpaired) electrons. The van der Waals surface area contributed by atoms with Crippen molar-refractivity contribution >= 4 is 5.78 Å². The monoisotopic (exact) mass is 226 g/mol. The Balaban J connectivity index is 2.40. The van der Waals surface area contributed by atoms with Crippen LogP contribution >= 0.6 is 0 Å². The van der Waals surface area contributed by atoms with Crippen molar-refractivity contribution in [2.75, 3.05) is 6.61 Å². The molecule has 1 saturated carbocycles. The van der Waals surface area contributed by atoms with Crippen LogP contribution in [0.2, 0.25) is 0 Å². The topological polar surface area (TPSA) is 26.3 Å². The van der Waals surface area contributed by atoms with Crippen LogP contribution in [0.5, 0.6) is 0 Å². The largest absolute Gasteiger partial charge is 0.370 e. The molecule has 2 atom stereocenters. The lowest BCUT2D eigenvalue weighted by molar-refractivity contribution is -0.130. The summed E-state index contributed by atoms with van der Waals surface area (Å²) in [4.78, 5) is 11.5. The summed E-state index contributed by atoms with van der Waals surface area (Å²) >= 11 is 0. The van der Waals surface area contributed by atoms with Crippen molar-refractivity contribution in [2.45, 2.75) is 60.0 Å². The Hall–Kier alpha value is -0.370. The standard InChI is InChI=1S/C14H26O2/c1-10(2)13(15)9-16-12-6-11(3)7-14(4,5)8-12/h10-12H,6-9H2,1-5H3. The molecular weight excluding hydrogens is 200 g/mol. The highest BCUT2D eigenvalue weighted by Crippen LogP contribution is 2.39. The van der Waals surface area contributed by atoms with E-state index in [1.807, 2.05) is 13.8 Å². The van der Waals surface area contributed by atoms with Gasteiger partial charge in [0, 0.05) is 5.92 Å². The van der Waals surface area contributed by atoms with Crippen LogP contribution < -0.4 is 0 Å². The fourth-order valence-electron chi connectivity index (χ4n) is 2.75. The first-order chi connectivity index (χ1) is 7.30. The third kappa shape index (κ3) is 4.25. The molecule has 94 valence electrons. The Morgan fingerprint density at radius 2 is 2.00 bits per heavy atom. The van der Waals surface area contributed by atoms with Crippen LogP contribution in [0.15, 0.2) is 0 Å². The van der Waals surface area contributed by atoms with Gasteiger partial charge >= 0.3 is 0 Å². The first-order valence-electron chi connectivity index (χ1n) is 6.44. The van der Waals surface area contributed by atoms with Gasteiger partial charge in [0.15, 0.2) is 5.78 Å². The zero-order chi connectivity index (χ0) is 12.3. The van der Waals surface area contributed by atoms with E-state index in [0.717, 1.165) is 12.8 Å². The minimum Gasteiger partial charge on any atom is -0.370 e. The molecule has 2 unspecified atom stereocenters. The van der Waals surface area contributed by atoms with Gasteiger partial charge in [-0.15, -0.1) is 0 Å². The molecule has 2 heteroatoms. The SMILES string of the molecule is CC1CC(OCC(=O)C(C)C)CC(C)(C)C1. The van der Waals surface area contributed by atoms with E-state index in [0.29, 0.717) is 17.9 Å². The molecule has 1 rings (SSSR count). The summed E-state index contributed by atoms with van der Waals surface area (Å²) in [5.74, 6) is 1.02. The number of carbonyl (C=O) groups is 1. The first kappa shape index (κ1) is 13.7. The van der Waals surface area contributed by atoms with Crippen molar-refractivity contribution in [1.82, 2.24) is 0 Å². The first-order valence-corrected chi connectivity index (χ1v) is 6.44. The Labute approximate surface area is 99.8 Å². The minimum absolute atomic E-state index is 0.0917. The molecule has 0 aromatic heterocycles. The van der Waals surface area contributed by atoms with Crippen molar-refractivity contribution < 1.29 is 9.53 Å². The fraction of sp³-hybridized carbons (Fsp3) is 0.929. The molecule has 0 aromatic carbocycles. The van der Waals surface area contributed by atoms with Crippen LogP contribution in [0.25, 0.3) is 0 Å². The van der Waals surface area contributed by atoms with Gasteiger partial charge in [0.1, 0.15) is 6.61 Å². The minimum atomic E-state index is 0.0917. The van der Waals surface area contributed by atoms with Crippen LogP contribution in [0.4, 0.5) is 0 Å². The highest BCUT2D eigenvalue weighted by Gasteiger charge is 2.32. The molecule has 0 amide bonds. The molecule has 1 fully saturated rings. The van der Waals surface area contributed by atoms with Gasteiger partial charge in [-0.25, -0.2) is 0 Å². The number of ketones is 1. The molecule has 0 N–H and O–H groups in total. The molecule has 0 aliphatic heterocycles. The van der Waals surface area contributed by atoms with Crippen molar-refractivity contribution in [3.05, 3.63) is 0 Å². The lowest BCUT2D eigenvalue weighted by Gasteiger charge is -2.38. The van der Waals surface area contributed by atoms with Gasteiger partial charge in [-0.1, -0.05) is 34.6 Å². The smallest absolute Gasteiger partial charge is 0.160 e. The maximum Gasteiger partial charge on any atom is 0.160 e. The molecule has 0 bridgehead atoms. The van der Waals surface area contributed by atoms with Crippen molar-refractivity contribution in [2.24, 2.45) is 17.3 Å². The number of hydrogen-bond acceptors (Lipinski definition) is 2. The Morgan fingerprint density at radius 1 is 1.38 bits per heavy atom. The second kappa shape index (κ2) is 5.31. The number of Topliss-reactive ketones (excluding diaryl/α,β-unsaturated/α-hetero) is 1. The molecule has 2 nitrogen and oxygen atoms in total. The van der Waals surface area contributed by atoms with E-state index in [4.69, 9.17) is 4.74 Å². The quantitative estimate of drug-likeness (QED) is 0.734. The lowest BCUT2D eigenvalue weighted by atomic mass is 9.71. The predicted molar refractivity (Wildman–Crippen MR) is 66.4 cm³/mol. The summed E-state index contributed by atoms with van der Waals surface area (Å²) in [5, 5.41) is 0. The van der Waals surface area contributed by atoms with Crippen LogP contribution in [0.3, 0.4) is 0 Å². The third-order valence-corrected chi connectivity index (χ3v) is 3.45. The maximum absolute atomic E-state index is 11.5. The normalized spacial score (nSPS) is 29.4. The number of carbonyl (C=O) groups excluding carboxylic acids is 1. The Morgan fingerprint density at radius 3 is 2.50 bits per heavy atom. The molecule has 0 aromatic rings. The zero-order valence-electron chi connectivity index (χ0n) is 11.4. The Kier molecular flexibility index (Phi) is 4.54. The van der Waals surface area contributed by atoms with E-state index in [-0.39, 0.29) is 17.8 Å². The van der Waals surface area contributed by atoms with Gasteiger partial charge in [0.2, 0.25) is 0 Å². The average Bonchev–Trinajstić information content (AvgIpc) is 2.10. The molecule has 0 saturated heterocycles. The summed E-state index contributed by atoms with van der Waals surface area (Å²) in [6.45, 7) is 11.0. The number of rotatable bonds is 4. The van der Waals surface area contributed by atoms with Gasteiger partial charge in [0.25, 0.3) is 0 Å². The highest BCUT2D eigenvalue weighted by atomic mass is 16.5. The van der Waals surface area contributed by atoms with Crippen LogP contribution in [0.1, 0.15) is 53.9 Å². The van der Waals surface area contributed by atoms with E-state index in [1.165, 1.54) is 6.42 Å². The molecule has 1 aliphatic rings. The Bertz CT molecular complexity index is 243. The third-order valence-electron chi connectivity index (χ3n) is 3.45. The van der Waals surface area contributed by atoms with Crippen LogP contribution in [-0.4, -0.2) is 18.5 Å². The van der Waals surface area contributed by atoms with E-state index >= 15 is 0 Å². The van der Waals surface area contributed by atoms with E-state index in [9.17, 15) is 4.79 Å². The van der Waals surface area contributed by atoms with E-state index in [1.54, 1.807) is 0 Å². The molecule has 16 heavy (non-hydrogen) atoms. The summed E-state index contributed by atoms with van der Waals surface area (Å²) < 4.78 is 5.76. The van der Waals surface area contributed by atoms with Crippen LogP contribution in [-0.2, 0) is 9.53 Å². The highest BCUT2D eigenvalue weighted by molar-refractivity contribution is 5.81. The second-order valence-corrected chi connectivity index (χ2v) is 6.47. The van der Waals surface area contributed by atoms with Gasteiger partial charge in [-0.05, 0) is 30.6 Å². The summed E-state index contributed by atoms with van der Waals surface area (Å²) in [6, 6.07) is 0. The number of ether oxygens (including phenoxy) is 1. The fourth-order valence-corrected chi connectivity index (χ4v) is 2.75. The summed E-state index contributed by atoms with van der Waals surface area (Å²) in [7, 11) is 0. The van der Waals surface area contributed by atoms with Gasteiger partial charge in [0.05, 0.1) is 6.10 Å². The molecular formula is C14H26O2. The van der Waals surface area contributed by atoms with E-state index in [2.05, 4.69) is 20.8 Å². The lowest BCUT2D eigenvalue weighted by Crippen LogP contribution is -2.34. The molecule has 0 heterocycles. The van der Waals surface area contributed by atoms with Crippen molar-refractivity contribution in [1.29, 1.82) is 0 Å². The predicted octanol–water partition coefficient (Wildman–Crippen LogP) is 3.44.